The Hall–Kier alpha value is -2.05. The van der Waals surface area contributed by atoms with Crippen LogP contribution < -0.4 is 5.32 Å². The monoisotopic (exact) mass is 299 g/mol. The molecule has 1 amide bonds. The Morgan fingerprint density at radius 3 is 2.53 bits per heavy atom. The predicted molar refractivity (Wildman–Crippen MR) is 70.0 cm³/mol. The molecule has 3 N–H and O–H groups in total. The van der Waals surface area contributed by atoms with Crippen LogP contribution in [-0.4, -0.2) is 27.2 Å². The Morgan fingerprint density at radius 2 is 1.95 bits per heavy atom. The maximum absolute atomic E-state index is 11.8. The van der Waals surface area contributed by atoms with Crippen molar-refractivity contribution in [2.24, 2.45) is 0 Å². The van der Waals surface area contributed by atoms with Gasteiger partial charge in [-0.05, 0) is 18.2 Å². The first kappa shape index (κ1) is 13.4. The number of hydrogen-bond acceptors (Lipinski definition) is 3. The van der Waals surface area contributed by atoms with Gasteiger partial charge in [-0.15, -0.1) is 0 Å². The normalized spacial score (nSPS) is 10.2. The molecule has 0 bridgehead atoms. The third-order valence-corrected chi connectivity index (χ3v) is 2.97. The van der Waals surface area contributed by atoms with E-state index >= 15 is 0 Å². The van der Waals surface area contributed by atoms with Gasteiger partial charge in [0.2, 0.25) is 0 Å². The molecule has 0 atom stereocenters. The van der Waals surface area contributed by atoms with Gasteiger partial charge in [-0.3, -0.25) is 9.89 Å². The first-order chi connectivity index (χ1) is 8.97. The third-order valence-electron chi connectivity index (χ3n) is 2.23. The van der Waals surface area contributed by atoms with E-state index in [0.717, 1.165) is 0 Å². The number of carboxylic acids is 1. The Morgan fingerprint density at radius 1 is 1.21 bits per heavy atom. The van der Waals surface area contributed by atoms with Gasteiger partial charge >= 0.3 is 5.97 Å². The molecule has 6 nitrogen and oxygen atoms in total. The molecule has 98 valence electrons. The summed E-state index contributed by atoms with van der Waals surface area (Å²) in [4.78, 5) is 22.5. The molecule has 2 aromatic rings. The minimum Gasteiger partial charge on any atom is -0.477 e. The number of aromatic amines is 1. The number of carbonyl (C=O) groups is 2. The topological polar surface area (TPSA) is 95.1 Å². The zero-order valence-corrected chi connectivity index (χ0v) is 10.8. The molecule has 1 aromatic heterocycles. The highest BCUT2D eigenvalue weighted by molar-refractivity contribution is 6.42. The Kier molecular flexibility index (Phi) is 3.73. The second kappa shape index (κ2) is 5.29. The van der Waals surface area contributed by atoms with Crippen molar-refractivity contribution in [3.63, 3.8) is 0 Å². The van der Waals surface area contributed by atoms with Crippen LogP contribution >= 0.6 is 23.2 Å². The second-order valence-electron chi connectivity index (χ2n) is 3.56. The largest absolute Gasteiger partial charge is 0.477 e. The Bertz CT molecular complexity index is 654. The zero-order valence-electron chi connectivity index (χ0n) is 9.28. The average molecular weight is 300 g/mol. The molecule has 8 heteroatoms. The maximum Gasteiger partial charge on any atom is 0.353 e. The molecule has 0 saturated carbocycles. The van der Waals surface area contributed by atoms with Gasteiger partial charge in [-0.2, -0.15) is 5.10 Å². The van der Waals surface area contributed by atoms with Crippen molar-refractivity contribution < 1.29 is 14.7 Å². The molecule has 0 fully saturated rings. The molecule has 0 aliphatic heterocycles. The standard InChI is InChI=1S/C11H7Cl2N3O3/c12-6-2-1-5(3-7(6)13)10(17)14-9-4-8(11(18)19)15-16-9/h1-4H,(H,18,19)(H2,14,15,16,17). The van der Waals surface area contributed by atoms with Crippen molar-refractivity contribution in [2.45, 2.75) is 0 Å². The van der Waals surface area contributed by atoms with E-state index in [-0.39, 0.29) is 22.1 Å². The van der Waals surface area contributed by atoms with Crippen LogP contribution in [-0.2, 0) is 0 Å². The van der Waals surface area contributed by atoms with Crippen molar-refractivity contribution in [3.05, 3.63) is 45.6 Å². The number of nitrogens with one attached hydrogen (secondary N) is 2. The van der Waals surface area contributed by atoms with Gasteiger partial charge in [-0.25, -0.2) is 4.79 Å². The fourth-order valence-corrected chi connectivity index (χ4v) is 1.62. The molecule has 0 unspecified atom stereocenters. The summed E-state index contributed by atoms with van der Waals surface area (Å²) in [5.41, 5.74) is 0.165. The predicted octanol–water partition coefficient (Wildman–Crippen LogP) is 2.67. The van der Waals surface area contributed by atoms with Crippen LogP contribution in [0.5, 0.6) is 0 Å². The zero-order chi connectivity index (χ0) is 14.0. The summed E-state index contributed by atoms with van der Waals surface area (Å²) >= 11 is 11.5. The maximum atomic E-state index is 11.8. The van der Waals surface area contributed by atoms with Crippen LogP contribution in [0, 0.1) is 0 Å². The highest BCUT2D eigenvalue weighted by atomic mass is 35.5. The molecule has 19 heavy (non-hydrogen) atoms. The minimum atomic E-state index is -1.16. The molecule has 1 aromatic carbocycles. The molecule has 0 radical (unpaired) electrons. The van der Waals surface area contributed by atoms with E-state index in [0.29, 0.717) is 5.02 Å². The van der Waals surface area contributed by atoms with Crippen LogP contribution in [0.4, 0.5) is 5.82 Å². The van der Waals surface area contributed by atoms with E-state index in [4.69, 9.17) is 28.3 Å². The quantitative estimate of drug-likeness (QED) is 0.812. The number of rotatable bonds is 3. The lowest BCUT2D eigenvalue weighted by atomic mass is 10.2. The lowest BCUT2D eigenvalue weighted by Gasteiger charge is -2.03. The molecule has 0 aliphatic rings. The first-order valence-corrected chi connectivity index (χ1v) is 5.78. The summed E-state index contributed by atoms with van der Waals surface area (Å²) < 4.78 is 0. The lowest BCUT2D eigenvalue weighted by Crippen LogP contribution is -2.12. The number of nitrogens with zero attached hydrogens (tertiary/aromatic N) is 1. The van der Waals surface area contributed by atoms with Gasteiger partial charge in [0, 0.05) is 11.6 Å². The fraction of sp³-hybridized carbons (Fsp3) is 0. The number of carboxylic acid groups (broad SMARTS) is 1. The van der Waals surface area contributed by atoms with Gasteiger partial charge in [0.25, 0.3) is 5.91 Å². The van der Waals surface area contributed by atoms with Crippen molar-refractivity contribution in [1.82, 2.24) is 10.2 Å². The minimum absolute atomic E-state index is 0.105. The van der Waals surface area contributed by atoms with E-state index in [1.54, 1.807) is 0 Å². The molecule has 0 aliphatic carbocycles. The van der Waals surface area contributed by atoms with Crippen LogP contribution in [0.15, 0.2) is 24.3 Å². The smallest absolute Gasteiger partial charge is 0.353 e. The highest BCUT2D eigenvalue weighted by Crippen LogP contribution is 2.23. The highest BCUT2D eigenvalue weighted by Gasteiger charge is 2.12. The average Bonchev–Trinajstić information content (AvgIpc) is 2.81. The molecule has 2 rings (SSSR count). The number of benzene rings is 1. The third kappa shape index (κ3) is 3.04. The number of H-pyrrole nitrogens is 1. The van der Waals surface area contributed by atoms with E-state index in [1.165, 1.54) is 24.3 Å². The molecule has 0 spiro atoms. The van der Waals surface area contributed by atoms with Gasteiger partial charge in [0.1, 0.15) is 5.69 Å². The van der Waals surface area contributed by atoms with Crippen LogP contribution in [0.1, 0.15) is 20.8 Å². The Labute approximate surface area is 117 Å². The molecule has 0 saturated heterocycles. The summed E-state index contributed by atoms with van der Waals surface area (Å²) in [5.74, 6) is -1.53. The van der Waals surface area contributed by atoms with E-state index < -0.39 is 11.9 Å². The van der Waals surface area contributed by atoms with Gasteiger partial charge < -0.3 is 10.4 Å². The number of hydrogen-bond donors (Lipinski definition) is 3. The lowest BCUT2D eigenvalue weighted by molar-refractivity contribution is 0.0690. The summed E-state index contributed by atoms with van der Waals surface area (Å²) in [5, 5.41) is 17.6. The number of anilines is 1. The molecular formula is C11H7Cl2N3O3. The van der Waals surface area contributed by atoms with E-state index in [9.17, 15) is 9.59 Å². The summed E-state index contributed by atoms with van der Waals surface area (Å²) in [7, 11) is 0. The van der Waals surface area contributed by atoms with Gasteiger partial charge in [-0.1, -0.05) is 23.2 Å². The van der Waals surface area contributed by atoms with Crippen LogP contribution in [0.25, 0.3) is 0 Å². The molecular weight excluding hydrogens is 293 g/mol. The van der Waals surface area contributed by atoms with Crippen molar-refractivity contribution in [1.29, 1.82) is 0 Å². The van der Waals surface area contributed by atoms with E-state index in [1.807, 2.05) is 0 Å². The van der Waals surface area contributed by atoms with Gasteiger partial charge in [0.05, 0.1) is 10.0 Å². The number of aromatic nitrogens is 2. The summed E-state index contributed by atoms with van der Waals surface area (Å²) in [6, 6.07) is 5.60. The van der Waals surface area contributed by atoms with Crippen molar-refractivity contribution in [3.8, 4) is 0 Å². The fourth-order valence-electron chi connectivity index (χ4n) is 1.32. The van der Waals surface area contributed by atoms with Crippen molar-refractivity contribution >= 4 is 40.9 Å². The van der Waals surface area contributed by atoms with Gasteiger partial charge in [0.15, 0.2) is 5.82 Å². The molecule has 1 heterocycles. The SMILES string of the molecule is O=C(Nc1cc(C(=O)O)[nH]n1)c1ccc(Cl)c(Cl)c1. The first-order valence-electron chi connectivity index (χ1n) is 5.02. The summed E-state index contributed by atoms with van der Waals surface area (Å²) in [6.45, 7) is 0. The second-order valence-corrected chi connectivity index (χ2v) is 4.37. The Balaban J connectivity index is 2.15. The van der Waals surface area contributed by atoms with Crippen LogP contribution in [0.3, 0.4) is 0 Å². The number of carbonyl (C=O) groups excluding carboxylic acids is 1. The number of halogens is 2. The summed E-state index contributed by atoms with van der Waals surface area (Å²) in [6.07, 6.45) is 0. The number of amides is 1. The van der Waals surface area contributed by atoms with E-state index in [2.05, 4.69) is 15.5 Å². The number of aromatic carboxylic acids is 1. The van der Waals surface area contributed by atoms with Crippen molar-refractivity contribution in [2.75, 3.05) is 5.32 Å². The van der Waals surface area contributed by atoms with Crippen LogP contribution in [0.2, 0.25) is 10.0 Å².